The molecule has 1 saturated carbocycles. The zero-order valence-electron chi connectivity index (χ0n) is 21.8. The molecule has 5 rings (SSSR count). The number of hydrogen-bond donors (Lipinski definition) is 1. The maximum atomic E-state index is 13.4. The van der Waals surface area contributed by atoms with Crippen LogP contribution in [0.3, 0.4) is 0 Å². The SMILES string of the molecule is CCOC(=O)C1(c2ccc(-c3ccc(-c4occ(Cl)c4NC(=O)O[C@H](C)c4ccc(F)cc4Cl)cc3)cc2)CC1. The lowest BCUT2D eigenvalue weighted by Gasteiger charge is -2.16. The summed E-state index contributed by atoms with van der Waals surface area (Å²) in [6.45, 7) is 3.81. The lowest BCUT2D eigenvalue weighted by Crippen LogP contribution is -2.23. The number of benzene rings is 3. The van der Waals surface area contributed by atoms with Crippen LogP contribution in [0, 0.1) is 5.82 Å². The molecule has 40 heavy (non-hydrogen) atoms. The summed E-state index contributed by atoms with van der Waals surface area (Å²) in [5.41, 5.74) is 3.83. The van der Waals surface area contributed by atoms with Gasteiger partial charge in [0.2, 0.25) is 0 Å². The van der Waals surface area contributed by atoms with E-state index in [1.165, 1.54) is 18.4 Å². The van der Waals surface area contributed by atoms with Crippen molar-refractivity contribution < 1.29 is 27.9 Å². The molecule has 0 saturated heterocycles. The molecule has 0 spiro atoms. The fourth-order valence-corrected chi connectivity index (χ4v) is 5.15. The van der Waals surface area contributed by atoms with Gasteiger partial charge in [-0.1, -0.05) is 77.8 Å². The van der Waals surface area contributed by atoms with Crippen molar-refractivity contribution in [2.45, 2.75) is 38.2 Å². The number of carbonyl (C=O) groups is 2. The van der Waals surface area contributed by atoms with Crippen molar-refractivity contribution in [1.29, 1.82) is 0 Å². The molecule has 206 valence electrons. The zero-order valence-corrected chi connectivity index (χ0v) is 23.3. The van der Waals surface area contributed by atoms with Crippen LogP contribution in [0.1, 0.15) is 43.9 Å². The van der Waals surface area contributed by atoms with Crippen molar-refractivity contribution in [3.05, 3.63) is 100.0 Å². The summed E-state index contributed by atoms with van der Waals surface area (Å²) in [6, 6.07) is 19.4. The molecule has 0 bridgehead atoms. The number of carbonyl (C=O) groups excluding carboxylic acids is 2. The van der Waals surface area contributed by atoms with Gasteiger partial charge in [0.25, 0.3) is 0 Å². The van der Waals surface area contributed by atoms with E-state index >= 15 is 0 Å². The summed E-state index contributed by atoms with van der Waals surface area (Å²) < 4.78 is 29.7. The third-order valence-electron chi connectivity index (χ3n) is 6.99. The van der Waals surface area contributed by atoms with Crippen LogP contribution >= 0.6 is 23.2 Å². The Kier molecular flexibility index (Phi) is 7.88. The van der Waals surface area contributed by atoms with E-state index < -0.39 is 23.4 Å². The van der Waals surface area contributed by atoms with Crippen LogP contribution in [0.15, 0.2) is 77.4 Å². The summed E-state index contributed by atoms with van der Waals surface area (Å²) >= 11 is 12.4. The maximum absolute atomic E-state index is 13.4. The number of esters is 1. The molecule has 3 aromatic carbocycles. The molecule has 0 unspecified atom stereocenters. The number of amides is 1. The van der Waals surface area contributed by atoms with E-state index in [4.69, 9.17) is 37.1 Å². The van der Waals surface area contributed by atoms with Gasteiger partial charge in [0.05, 0.1) is 17.0 Å². The van der Waals surface area contributed by atoms with E-state index in [0.717, 1.165) is 35.6 Å². The smallest absolute Gasteiger partial charge is 0.412 e. The number of nitrogens with one attached hydrogen (secondary N) is 1. The van der Waals surface area contributed by atoms with Gasteiger partial charge in [-0.15, -0.1) is 0 Å². The van der Waals surface area contributed by atoms with Gasteiger partial charge in [0, 0.05) is 11.1 Å². The monoisotopic (exact) mass is 581 g/mol. The first-order valence-electron chi connectivity index (χ1n) is 12.8. The fraction of sp³-hybridized carbons (Fsp3) is 0.226. The summed E-state index contributed by atoms with van der Waals surface area (Å²) in [6.07, 6.45) is 1.42. The van der Waals surface area contributed by atoms with Gasteiger partial charge in [-0.2, -0.15) is 0 Å². The van der Waals surface area contributed by atoms with Gasteiger partial charge >= 0.3 is 12.1 Å². The lowest BCUT2D eigenvalue weighted by molar-refractivity contribution is -0.146. The zero-order chi connectivity index (χ0) is 28.4. The van der Waals surface area contributed by atoms with Crippen LogP contribution in [0.2, 0.25) is 10.0 Å². The van der Waals surface area contributed by atoms with Crippen LogP contribution < -0.4 is 5.32 Å². The molecular formula is C31H26Cl2FNO5. The third kappa shape index (κ3) is 5.58. The molecule has 1 fully saturated rings. The molecule has 1 atom stereocenters. The number of anilines is 1. The first-order chi connectivity index (χ1) is 19.2. The average molecular weight is 582 g/mol. The second kappa shape index (κ2) is 11.4. The van der Waals surface area contributed by atoms with Crippen molar-refractivity contribution in [1.82, 2.24) is 0 Å². The molecule has 1 N–H and O–H groups in total. The standard InChI is InChI=1S/C31H26Cl2FNO5/c1-3-38-29(36)31(14-15-31)22-10-8-20(9-11-22)19-4-6-21(7-5-19)28-27(26(33)17-39-28)35-30(37)40-18(2)24-13-12-23(34)16-25(24)32/h4-13,16-18H,3,14-15H2,1-2H3,(H,35,37)/t18-/m1/s1. The molecule has 1 aromatic heterocycles. The van der Waals surface area contributed by atoms with Crippen molar-refractivity contribution in [2.75, 3.05) is 11.9 Å². The molecule has 4 aromatic rings. The third-order valence-corrected chi connectivity index (χ3v) is 7.60. The molecule has 1 aliphatic rings. The van der Waals surface area contributed by atoms with E-state index in [0.29, 0.717) is 23.5 Å². The topological polar surface area (TPSA) is 77.8 Å². The summed E-state index contributed by atoms with van der Waals surface area (Å²) in [7, 11) is 0. The number of halogens is 3. The lowest BCUT2D eigenvalue weighted by atomic mass is 9.93. The fourth-order valence-electron chi connectivity index (χ4n) is 4.65. The van der Waals surface area contributed by atoms with E-state index in [2.05, 4.69) is 5.32 Å². The number of rotatable bonds is 8. The molecule has 1 amide bonds. The molecular weight excluding hydrogens is 556 g/mol. The minimum Gasteiger partial charge on any atom is -0.465 e. The van der Waals surface area contributed by atoms with Crippen LogP contribution in [-0.2, 0) is 19.7 Å². The van der Waals surface area contributed by atoms with E-state index in [-0.39, 0.29) is 21.7 Å². The van der Waals surface area contributed by atoms with E-state index in [9.17, 15) is 14.0 Å². The quantitative estimate of drug-likeness (QED) is 0.210. The Hall–Kier alpha value is -3.81. The largest absolute Gasteiger partial charge is 0.465 e. The first-order valence-corrected chi connectivity index (χ1v) is 13.6. The number of ether oxygens (including phenoxy) is 2. The summed E-state index contributed by atoms with van der Waals surface area (Å²) in [5.74, 6) is -0.281. The first kappa shape index (κ1) is 27.7. The Morgan fingerprint density at radius 1 is 0.975 bits per heavy atom. The highest BCUT2D eigenvalue weighted by Gasteiger charge is 2.52. The Labute approximate surface area is 241 Å². The predicted molar refractivity (Wildman–Crippen MR) is 152 cm³/mol. The van der Waals surface area contributed by atoms with Crippen molar-refractivity contribution in [3.63, 3.8) is 0 Å². The summed E-state index contributed by atoms with van der Waals surface area (Å²) in [4.78, 5) is 25.0. The predicted octanol–water partition coefficient (Wildman–Crippen LogP) is 8.96. The number of furan rings is 1. The molecule has 1 heterocycles. The Balaban J connectivity index is 1.28. The van der Waals surface area contributed by atoms with Gasteiger partial charge in [-0.25, -0.2) is 9.18 Å². The maximum Gasteiger partial charge on any atom is 0.412 e. The van der Waals surface area contributed by atoms with Crippen molar-refractivity contribution in [3.8, 4) is 22.5 Å². The van der Waals surface area contributed by atoms with Crippen molar-refractivity contribution >= 4 is 41.0 Å². The highest BCUT2D eigenvalue weighted by atomic mass is 35.5. The minimum absolute atomic E-state index is 0.156. The molecule has 0 aliphatic heterocycles. The Morgan fingerprint density at radius 3 is 2.20 bits per heavy atom. The number of hydrogen-bond acceptors (Lipinski definition) is 5. The van der Waals surface area contributed by atoms with Gasteiger partial charge in [0.1, 0.15) is 28.9 Å². The van der Waals surface area contributed by atoms with Crippen LogP contribution in [0.4, 0.5) is 14.9 Å². The molecule has 9 heteroatoms. The van der Waals surface area contributed by atoms with Crippen LogP contribution in [-0.4, -0.2) is 18.7 Å². The molecule has 0 radical (unpaired) electrons. The Morgan fingerprint density at radius 2 is 1.60 bits per heavy atom. The highest BCUT2D eigenvalue weighted by molar-refractivity contribution is 6.34. The van der Waals surface area contributed by atoms with Crippen molar-refractivity contribution in [2.24, 2.45) is 0 Å². The average Bonchev–Trinajstić information content (AvgIpc) is 3.68. The van der Waals surface area contributed by atoms with Gasteiger partial charge < -0.3 is 13.9 Å². The van der Waals surface area contributed by atoms with Gasteiger partial charge in [0.15, 0.2) is 5.76 Å². The minimum atomic E-state index is -0.773. The molecule has 6 nitrogen and oxygen atoms in total. The second-order valence-electron chi connectivity index (χ2n) is 9.58. The van der Waals surface area contributed by atoms with E-state index in [1.54, 1.807) is 6.92 Å². The van der Waals surface area contributed by atoms with Gasteiger partial charge in [-0.3, -0.25) is 10.1 Å². The van der Waals surface area contributed by atoms with Gasteiger partial charge in [-0.05, 0) is 55.5 Å². The highest BCUT2D eigenvalue weighted by Crippen LogP contribution is 2.49. The summed E-state index contributed by atoms with van der Waals surface area (Å²) in [5, 5.41) is 3.00. The molecule has 1 aliphatic carbocycles. The van der Waals surface area contributed by atoms with E-state index in [1.807, 2.05) is 55.5 Å². The van der Waals surface area contributed by atoms with Crippen LogP contribution in [0.5, 0.6) is 0 Å². The van der Waals surface area contributed by atoms with Crippen LogP contribution in [0.25, 0.3) is 22.5 Å². The normalized spacial score (nSPS) is 14.3. The Bertz CT molecular complexity index is 1550. The second-order valence-corrected chi connectivity index (χ2v) is 10.4.